The highest BCUT2D eigenvalue weighted by molar-refractivity contribution is 9.10. The number of hydrogen-bond acceptors (Lipinski definition) is 4. The predicted octanol–water partition coefficient (Wildman–Crippen LogP) is 2.59. The number of rotatable bonds is 3. The molecule has 1 aromatic carbocycles. The number of H-pyrrole nitrogens is 1. The van der Waals surface area contributed by atoms with Gasteiger partial charge in [0.1, 0.15) is 0 Å². The molecule has 0 unspecified atom stereocenters. The van der Waals surface area contributed by atoms with Crippen molar-refractivity contribution in [2.24, 2.45) is 0 Å². The van der Waals surface area contributed by atoms with Crippen molar-refractivity contribution in [3.8, 4) is 0 Å². The van der Waals surface area contributed by atoms with Crippen LogP contribution in [0.4, 0.5) is 18.9 Å². The zero-order valence-corrected chi connectivity index (χ0v) is 10.4. The minimum atomic E-state index is -4.42. The number of alkyl halides is 3. The number of hydrogen-bond donors (Lipinski definition) is 2. The average molecular weight is 322 g/mol. The molecular weight excluding hydrogens is 315 g/mol. The lowest BCUT2D eigenvalue weighted by atomic mass is 10.1. The molecule has 1 heterocycles. The largest absolute Gasteiger partial charge is 0.418 e. The van der Waals surface area contributed by atoms with E-state index in [9.17, 15) is 13.2 Å². The van der Waals surface area contributed by atoms with Gasteiger partial charge in [-0.1, -0.05) is 21.1 Å². The van der Waals surface area contributed by atoms with Gasteiger partial charge in [-0.05, 0) is 18.2 Å². The van der Waals surface area contributed by atoms with E-state index in [4.69, 9.17) is 0 Å². The van der Waals surface area contributed by atoms with Crippen LogP contribution in [0.25, 0.3) is 0 Å². The van der Waals surface area contributed by atoms with Gasteiger partial charge in [-0.2, -0.15) is 18.4 Å². The Bertz CT molecular complexity index is 525. The summed E-state index contributed by atoms with van der Waals surface area (Å²) in [6.07, 6.45) is -4.42. The number of aromatic amines is 1. The molecule has 2 aromatic rings. The Labute approximate surface area is 108 Å². The second-order valence-corrected chi connectivity index (χ2v) is 4.28. The molecule has 0 bridgehead atoms. The molecular formula is C9H7BrF3N5. The minimum Gasteiger partial charge on any atom is -0.377 e. The Morgan fingerprint density at radius 1 is 1.33 bits per heavy atom. The molecule has 0 atom stereocenters. The lowest BCUT2D eigenvalue weighted by Gasteiger charge is -2.13. The van der Waals surface area contributed by atoms with Crippen LogP contribution < -0.4 is 5.32 Å². The van der Waals surface area contributed by atoms with Crippen LogP contribution >= 0.6 is 15.9 Å². The summed E-state index contributed by atoms with van der Waals surface area (Å²) in [5, 5.41) is 15.4. The lowest BCUT2D eigenvalue weighted by molar-refractivity contribution is -0.137. The van der Waals surface area contributed by atoms with E-state index in [2.05, 4.69) is 41.9 Å². The third kappa shape index (κ3) is 2.97. The van der Waals surface area contributed by atoms with Crippen molar-refractivity contribution in [1.29, 1.82) is 0 Å². The van der Waals surface area contributed by atoms with Crippen LogP contribution in [0.1, 0.15) is 11.4 Å². The predicted molar refractivity (Wildman–Crippen MR) is 60.6 cm³/mol. The number of nitrogens with zero attached hydrogens (tertiary/aromatic N) is 3. The molecule has 0 radical (unpaired) electrons. The van der Waals surface area contributed by atoms with Crippen LogP contribution in [0, 0.1) is 0 Å². The van der Waals surface area contributed by atoms with E-state index < -0.39 is 11.7 Å². The van der Waals surface area contributed by atoms with Gasteiger partial charge < -0.3 is 5.32 Å². The fourth-order valence-electron chi connectivity index (χ4n) is 1.34. The van der Waals surface area contributed by atoms with E-state index in [-0.39, 0.29) is 18.1 Å². The summed E-state index contributed by atoms with van der Waals surface area (Å²) < 4.78 is 38.8. The topological polar surface area (TPSA) is 66.5 Å². The van der Waals surface area contributed by atoms with Crippen molar-refractivity contribution in [1.82, 2.24) is 20.6 Å². The molecule has 1 aromatic heterocycles. The monoisotopic (exact) mass is 321 g/mol. The fourth-order valence-corrected chi connectivity index (χ4v) is 1.70. The molecule has 96 valence electrons. The highest BCUT2D eigenvalue weighted by Crippen LogP contribution is 2.36. The Balaban J connectivity index is 2.23. The van der Waals surface area contributed by atoms with Gasteiger partial charge >= 0.3 is 6.18 Å². The molecule has 0 amide bonds. The van der Waals surface area contributed by atoms with Gasteiger partial charge in [0.25, 0.3) is 0 Å². The molecule has 18 heavy (non-hydrogen) atoms. The molecule has 9 heteroatoms. The zero-order chi connectivity index (χ0) is 13.2. The van der Waals surface area contributed by atoms with E-state index in [1.807, 2.05) is 0 Å². The SMILES string of the molecule is FC(F)(F)c1ccc(Br)cc1NCc1nn[nH]n1. The number of anilines is 1. The number of benzene rings is 1. The third-order valence-electron chi connectivity index (χ3n) is 2.11. The summed E-state index contributed by atoms with van der Waals surface area (Å²) in [7, 11) is 0. The molecule has 2 rings (SSSR count). The van der Waals surface area contributed by atoms with Crippen molar-refractivity contribution in [3.05, 3.63) is 34.1 Å². The maximum absolute atomic E-state index is 12.7. The number of halogens is 4. The van der Waals surface area contributed by atoms with Crippen molar-refractivity contribution >= 4 is 21.6 Å². The van der Waals surface area contributed by atoms with Gasteiger partial charge in [0.05, 0.1) is 12.1 Å². The van der Waals surface area contributed by atoms with Crippen molar-refractivity contribution in [3.63, 3.8) is 0 Å². The summed E-state index contributed by atoms with van der Waals surface area (Å²) in [5.74, 6) is 0.281. The van der Waals surface area contributed by atoms with Gasteiger partial charge in [0.2, 0.25) is 0 Å². The molecule has 0 fully saturated rings. The highest BCUT2D eigenvalue weighted by Gasteiger charge is 2.33. The first-order valence-corrected chi connectivity index (χ1v) is 5.59. The number of aromatic nitrogens is 4. The maximum atomic E-state index is 12.7. The smallest absolute Gasteiger partial charge is 0.377 e. The van der Waals surface area contributed by atoms with Crippen LogP contribution in [0.2, 0.25) is 0 Å². The van der Waals surface area contributed by atoms with E-state index in [1.165, 1.54) is 12.1 Å². The summed E-state index contributed by atoms with van der Waals surface area (Å²) in [5.41, 5.74) is -0.782. The first-order chi connectivity index (χ1) is 8.47. The molecule has 2 N–H and O–H groups in total. The quantitative estimate of drug-likeness (QED) is 0.912. The highest BCUT2D eigenvalue weighted by atomic mass is 79.9. The molecule has 0 aliphatic rings. The van der Waals surface area contributed by atoms with E-state index in [0.29, 0.717) is 4.47 Å². The Morgan fingerprint density at radius 2 is 2.11 bits per heavy atom. The van der Waals surface area contributed by atoms with E-state index in [0.717, 1.165) is 6.07 Å². The third-order valence-corrected chi connectivity index (χ3v) is 2.61. The van der Waals surface area contributed by atoms with Crippen LogP contribution in [0.5, 0.6) is 0 Å². The average Bonchev–Trinajstić information content (AvgIpc) is 2.77. The second kappa shape index (κ2) is 4.92. The Hall–Kier alpha value is -1.64. The molecule has 0 aliphatic carbocycles. The Morgan fingerprint density at radius 3 is 2.72 bits per heavy atom. The van der Waals surface area contributed by atoms with E-state index >= 15 is 0 Å². The van der Waals surface area contributed by atoms with Crippen LogP contribution in [-0.2, 0) is 12.7 Å². The van der Waals surface area contributed by atoms with Gasteiger partial charge in [0.15, 0.2) is 5.82 Å². The number of nitrogens with one attached hydrogen (secondary N) is 2. The van der Waals surface area contributed by atoms with Gasteiger partial charge in [-0.15, -0.1) is 10.2 Å². The Kier molecular flexibility index (Phi) is 3.50. The maximum Gasteiger partial charge on any atom is 0.418 e. The number of tetrazole rings is 1. The van der Waals surface area contributed by atoms with Crippen molar-refractivity contribution in [2.75, 3.05) is 5.32 Å². The normalized spacial score (nSPS) is 11.6. The van der Waals surface area contributed by atoms with Crippen LogP contribution in [-0.4, -0.2) is 20.6 Å². The minimum absolute atomic E-state index is 0.0401. The van der Waals surface area contributed by atoms with Crippen LogP contribution in [0.3, 0.4) is 0 Å². The second-order valence-electron chi connectivity index (χ2n) is 3.37. The molecule has 0 saturated heterocycles. The van der Waals surface area contributed by atoms with Gasteiger partial charge in [0, 0.05) is 10.2 Å². The standard InChI is InChI=1S/C9H7BrF3N5/c10-5-1-2-6(9(11,12)13)7(3-5)14-4-8-15-17-18-16-8/h1-3,14H,4H2,(H,15,16,17,18). The van der Waals surface area contributed by atoms with Gasteiger partial charge in [-0.25, -0.2) is 0 Å². The lowest BCUT2D eigenvalue weighted by Crippen LogP contribution is -2.11. The summed E-state index contributed by atoms with van der Waals surface area (Å²) in [6.45, 7) is 0.0516. The van der Waals surface area contributed by atoms with Crippen molar-refractivity contribution < 1.29 is 13.2 Å². The first kappa shape index (κ1) is 12.8. The van der Waals surface area contributed by atoms with Crippen LogP contribution in [0.15, 0.2) is 22.7 Å². The summed E-state index contributed by atoms with van der Waals surface area (Å²) >= 11 is 3.12. The zero-order valence-electron chi connectivity index (χ0n) is 8.79. The fraction of sp³-hybridized carbons (Fsp3) is 0.222. The molecule has 5 nitrogen and oxygen atoms in total. The summed E-state index contributed by atoms with van der Waals surface area (Å²) in [4.78, 5) is 0. The van der Waals surface area contributed by atoms with Crippen molar-refractivity contribution in [2.45, 2.75) is 12.7 Å². The van der Waals surface area contributed by atoms with E-state index in [1.54, 1.807) is 0 Å². The molecule has 0 aliphatic heterocycles. The molecule has 0 saturated carbocycles. The van der Waals surface area contributed by atoms with Gasteiger partial charge in [-0.3, -0.25) is 0 Å². The summed E-state index contributed by atoms with van der Waals surface area (Å²) in [6, 6.07) is 3.69. The molecule has 0 spiro atoms. The first-order valence-electron chi connectivity index (χ1n) is 4.80.